The van der Waals surface area contributed by atoms with Crippen molar-refractivity contribution in [1.82, 2.24) is 15.6 Å². The predicted molar refractivity (Wildman–Crippen MR) is 60.4 cm³/mol. The molecule has 1 aromatic rings. The maximum atomic E-state index is 11.8. The zero-order chi connectivity index (χ0) is 11.4. The molecule has 5 nitrogen and oxygen atoms in total. The summed E-state index contributed by atoms with van der Waals surface area (Å²) in [6, 6.07) is 4.78. The van der Waals surface area contributed by atoms with Crippen molar-refractivity contribution in [3.63, 3.8) is 0 Å². The predicted octanol–water partition coefficient (Wildman–Crippen LogP) is -0.143. The van der Waals surface area contributed by atoms with Crippen LogP contribution in [0.4, 0.5) is 0 Å². The Balaban J connectivity index is 1.99. The number of H-pyrrole nitrogens is 1. The Morgan fingerprint density at radius 1 is 1.31 bits per heavy atom. The van der Waals surface area contributed by atoms with E-state index in [2.05, 4.69) is 15.6 Å². The third-order valence-corrected chi connectivity index (χ3v) is 2.69. The second kappa shape index (κ2) is 4.94. The van der Waals surface area contributed by atoms with Gasteiger partial charge in [0.1, 0.15) is 5.69 Å². The molecule has 0 bridgehead atoms. The second-order valence-corrected chi connectivity index (χ2v) is 3.93. The van der Waals surface area contributed by atoms with Crippen LogP contribution in [0.2, 0.25) is 0 Å². The first kappa shape index (κ1) is 10.9. The Morgan fingerprint density at radius 2 is 2.06 bits per heavy atom. The van der Waals surface area contributed by atoms with Crippen LogP contribution >= 0.6 is 0 Å². The third kappa shape index (κ3) is 2.70. The molecule has 1 amide bonds. The Labute approximate surface area is 93.3 Å². The van der Waals surface area contributed by atoms with Crippen LogP contribution in [0.25, 0.3) is 0 Å². The smallest absolute Gasteiger partial charge is 0.268 e. The molecule has 0 unspecified atom stereocenters. The Kier molecular flexibility index (Phi) is 3.36. The van der Waals surface area contributed by atoms with Crippen LogP contribution in [0.1, 0.15) is 23.3 Å². The lowest BCUT2D eigenvalue weighted by molar-refractivity contribution is 0.0924. The zero-order valence-corrected chi connectivity index (χ0v) is 8.95. The molecule has 1 saturated heterocycles. The van der Waals surface area contributed by atoms with Crippen LogP contribution in [0.3, 0.4) is 0 Å². The minimum atomic E-state index is -0.252. The average Bonchev–Trinajstić information content (AvgIpc) is 2.30. The van der Waals surface area contributed by atoms with Gasteiger partial charge in [-0.2, -0.15) is 0 Å². The first-order valence-corrected chi connectivity index (χ1v) is 5.46. The fourth-order valence-corrected chi connectivity index (χ4v) is 1.81. The fraction of sp³-hybridized carbons (Fsp3) is 0.455. The summed E-state index contributed by atoms with van der Waals surface area (Å²) in [6.07, 6.45) is 1.87. The van der Waals surface area contributed by atoms with E-state index in [0.717, 1.165) is 25.9 Å². The monoisotopic (exact) mass is 221 g/mol. The highest BCUT2D eigenvalue weighted by atomic mass is 16.2. The first-order valence-electron chi connectivity index (χ1n) is 5.46. The molecule has 1 aromatic heterocycles. The third-order valence-electron chi connectivity index (χ3n) is 2.69. The van der Waals surface area contributed by atoms with E-state index >= 15 is 0 Å². The van der Waals surface area contributed by atoms with Crippen molar-refractivity contribution in [2.45, 2.75) is 18.9 Å². The minimum absolute atomic E-state index is 0.204. The van der Waals surface area contributed by atoms with E-state index in [0.29, 0.717) is 5.69 Å². The molecule has 0 aliphatic carbocycles. The van der Waals surface area contributed by atoms with Gasteiger partial charge in [0.2, 0.25) is 5.56 Å². The number of rotatable bonds is 2. The van der Waals surface area contributed by atoms with Crippen molar-refractivity contribution < 1.29 is 4.79 Å². The van der Waals surface area contributed by atoms with Gasteiger partial charge in [-0.1, -0.05) is 6.07 Å². The normalized spacial score (nSPS) is 17.0. The van der Waals surface area contributed by atoms with Gasteiger partial charge >= 0.3 is 0 Å². The van der Waals surface area contributed by atoms with Crippen LogP contribution < -0.4 is 16.2 Å². The summed E-state index contributed by atoms with van der Waals surface area (Å²) >= 11 is 0. The lowest BCUT2D eigenvalue weighted by Gasteiger charge is -2.23. The lowest BCUT2D eigenvalue weighted by Crippen LogP contribution is -2.43. The van der Waals surface area contributed by atoms with Crippen LogP contribution in [0.15, 0.2) is 23.0 Å². The van der Waals surface area contributed by atoms with Crippen LogP contribution in [0.5, 0.6) is 0 Å². The van der Waals surface area contributed by atoms with E-state index in [-0.39, 0.29) is 17.5 Å². The van der Waals surface area contributed by atoms with Gasteiger partial charge in [0, 0.05) is 12.1 Å². The fourth-order valence-electron chi connectivity index (χ4n) is 1.81. The molecule has 0 atom stereocenters. The van der Waals surface area contributed by atoms with E-state index in [1.807, 2.05) is 0 Å². The van der Waals surface area contributed by atoms with Crippen molar-refractivity contribution in [2.24, 2.45) is 0 Å². The number of piperidine rings is 1. The highest BCUT2D eigenvalue weighted by molar-refractivity contribution is 5.92. The SMILES string of the molecule is O=C(NC1CCNCC1)c1cccc(=O)[nH]1. The first-order chi connectivity index (χ1) is 7.75. The summed E-state index contributed by atoms with van der Waals surface area (Å²) in [5.41, 5.74) is 0.0731. The number of hydrogen-bond donors (Lipinski definition) is 3. The van der Waals surface area contributed by atoms with Gasteiger partial charge in [-0.3, -0.25) is 9.59 Å². The maximum absolute atomic E-state index is 11.8. The molecule has 5 heteroatoms. The maximum Gasteiger partial charge on any atom is 0.268 e. The van der Waals surface area contributed by atoms with Crippen LogP contribution in [0, 0.1) is 0 Å². The molecule has 0 spiro atoms. The summed E-state index contributed by atoms with van der Waals surface area (Å²) in [4.78, 5) is 25.3. The van der Waals surface area contributed by atoms with Crippen LogP contribution in [-0.2, 0) is 0 Å². The van der Waals surface area contributed by atoms with Crippen molar-refractivity contribution in [2.75, 3.05) is 13.1 Å². The molecule has 16 heavy (non-hydrogen) atoms. The lowest BCUT2D eigenvalue weighted by atomic mass is 10.1. The van der Waals surface area contributed by atoms with Crippen LogP contribution in [-0.4, -0.2) is 30.0 Å². The van der Waals surface area contributed by atoms with Crippen molar-refractivity contribution in [1.29, 1.82) is 0 Å². The summed E-state index contributed by atoms with van der Waals surface area (Å²) in [5, 5.41) is 6.14. The number of amides is 1. The van der Waals surface area contributed by atoms with Gasteiger partial charge in [-0.15, -0.1) is 0 Å². The van der Waals surface area contributed by atoms with E-state index in [9.17, 15) is 9.59 Å². The number of pyridine rings is 1. The van der Waals surface area contributed by atoms with E-state index in [1.54, 1.807) is 12.1 Å². The molecule has 3 N–H and O–H groups in total. The zero-order valence-electron chi connectivity index (χ0n) is 8.95. The van der Waals surface area contributed by atoms with Gasteiger partial charge in [0.15, 0.2) is 0 Å². The highest BCUT2D eigenvalue weighted by Gasteiger charge is 2.16. The van der Waals surface area contributed by atoms with E-state index in [1.165, 1.54) is 6.07 Å². The Morgan fingerprint density at radius 3 is 2.75 bits per heavy atom. The molecule has 2 rings (SSSR count). The summed E-state index contributed by atoms with van der Waals surface area (Å²) in [7, 11) is 0. The summed E-state index contributed by atoms with van der Waals surface area (Å²) < 4.78 is 0. The number of nitrogens with one attached hydrogen (secondary N) is 3. The largest absolute Gasteiger partial charge is 0.348 e. The Bertz CT molecular complexity index is 421. The number of carbonyl (C=O) groups excluding carboxylic acids is 1. The van der Waals surface area contributed by atoms with Crippen molar-refractivity contribution >= 4 is 5.91 Å². The number of hydrogen-bond acceptors (Lipinski definition) is 3. The number of carbonyl (C=O) groups is 1. The molecule has 2 heterocycles. The molecule has 0 aromatic carbocycles. The molecular weight excluding hydrogens is 206 g/mol. The molecule has 1 aliphatic heterocycles. The van der Waals surface area contributed by atoms with Gasteiger partial charge < -0.3 is 15.6 Å². The standard InChI is InChI=1S/C11H15N3O2/c15-10-3-1-2-9(14-10)11(16)13-8-4-6-12-7-5-8/h1-3,8,12H,4-7H2,(H,13,16)(H,14,15). The highest BCUT2D eigenvalue weighted by Crippen LogP contribution is 2.03. The topological polar surface area (TPSA) is 74.0 Å². The van der Waals surface area contributed by atoms with Gasteiger partial charge in [0.25, 0.3) is 5.91 Å². The van der Waals surface area contributed by atoms with Crippen molar-refractivity contribution in [3.05, 3.63) is 34.2 Å². The molecule has 1 aliphatic rings. The molecule has 1 fully saturated rings. The van der Waals surface area contributed by atoms with E-state index in [4.69, 9.17) is 0 Å². The summed E-state index contributed by atoms with van der Waals surface area (Å²) in [6.45, 7) is 1.85. The van der Waals surface area contributed by atoms with Crippen molar-refractivity contribution in [3.8, 4) is 0 Å². The molecule has 86 valence electrons. The molecule has 0 saturated carbocycles. The number of aromatic amines is 1. The quantitative estimate of drug-likeness (QED) is 0.650. The van der Waals surface area contributed by atoms with Gasteiger partial charge in [-0.05, 0) is 32.0 Å². The van der Waals surface area contributed by atoms with E-state index < -0.39 is 0 Å². The molecular formula is C11H15N3O2. The summed E-state index contributed by atoms with van der Waals surface area (Å²) in [5.74, 6) is -0.204. The number of aromatic nitrogens is 1. The molecule has 0 radical (unpaired) electrons. The van der Waals surface area contributed by atoms with Gasteiger partial charge in [-0.25, -0.2) is 0 Å². The second-order valence-electron chi connectivity index (χ2n) is 3.93. The van der Waals surface area contributed by atoms with Gasteiger partial charge in [0.05, 0.1) is 0 Å². The average molecular weight is 221 g/mol. The minimum Gasteiger partial charge on any atom is -0.348 e. The Hall–Kier alpha value is -1.62.